The summed E-state index contributed by atoms with van der Waals surface area (Å²) >= 11 is 3.49. The molecular weight excluding hydrogens is 450 g/mol. The smallest absolute Gasteiger partial charge is 0.164 e. The quantitative estimate of drug-likeness (QED) is 0.278. The summed E-state index contributed by atoms with van der Waals surface area (Å²) in [6, 6.07) is 27.8. The second kappa shape index (κ2) is 7.93. The highest BCUT2D eigenvalue weighted by Crippen LogP contribution is 2.38. The normalized spacial score (nSPS) is 11.0. The Balaban J connectivity index is 1.93. The highest BCUT2D eigenvalue weighted by molar-refractivity contribution is 9.10. The fourth-order valence-corrected chi connectivity index (χ4v) is 4.19. The van der Waals surface area contributed by atoms with Gasteiger partial charge in [0.15, 0.2) is 11.9 Å². The van der Waals surface area contributed by atoms with Gasteiger partial charge in [-0.15, -0.1) is 0 Å². The molecule has 0 spiro atoms. The Hall–Kier alpha value is -3.57. The Kier molecular flexibility index (Phi) is 4.96. The van der Waals surface area contributed by atoms with Gasteiger partial charge in [-0.05, 0) is 36.8 Å². The lowest BCUT2D eigenvalue weighted by molar-refractivity contribution is 0.112. The van der Waals surface area contributed by atoms with Crippen molar-refractivity contribution in [3.05, 3.63) is 101 Å². The highest BCUT2D eigenvalue weighted by atomic mass is 79.9. The second-order valence-corrected chi connectivity index (χ2v) is 8.19. The fraction of sp³-hybridized carbons (Fsp3) is 0.0385. The topological polar surface area (TPSA) is 47.8 Å². The van der Waals surface area contributed by atoms with Gasteiger partial charge in [0, 0.05) is 21.2 Å². The van der Waals surface area contributed by atoms with Gasteiger partial charge in [-0.1, -0.05) is 76.6 Å². The number of hydrogen-bond donors (Lipinski definition) is 0. The minimum Gasteiger partial charge on any atom is -0.298 e. The molecule has 0 aliphatic rings. The van der Waals surface area contributed by atoms with Crippen molar-refractivity contribution in [3.8, 4) is 28.1 Å². The van der Waals surface area contributed by atoms with Gasteiger partial charge < -0.3 is 0 Å². The van der Waals surface area contributed by atoms with Crippen LogP contribution in [-0.2, 0) is 0 Å². The average molecular weight is 468 g/mol. The number of carbonyl (C=O) groups is 1. The molecule has 0 saturated carbocycles. The van der Waals surface area contributed by atoms with Crippen LogP contribution < -0.4 is 0 Å². The van der Waals surface area contributed by atoms with E-state index in [2.05, 4.69) is 15.9 Å². The zero-order valence-electron chi connectivity index (χ0n) is 16.8. The number of aldehydes is 1. The van der Waals surface area contributed by atoms with Crippen LogP contribution in [0.15, 0.2) is 89.4 Å². The summed E-state index contributed by atoms with van der Waals surface area (Å²) < 4.78 is 2.83. The average Bonchev–Trinajstić information content (AvgIpc) is 3.15. The Morgan fingerprint density at radius 2 is 1.48 bits per heavy atom. The van der Waals surface area contributed by atoms with Gasteiger partial charge in [0.2, 0.25) is 0 Å². The number of carbonyl (C=O) groups excluding carboxylic acids is 1. The zero-order chi connectivity index (χ0) is 21.4. The maximum absolute atomic E-state index is 12.4. The summed E-state index contributed by atoms with van der Waals surface area (Å²) in [4.78, 5) is 17.4. The summed E-state index contributed by atoms with van der Waals surface area (Å²) in [6.45, 7) is 1.96. The molecule has 3 aromatic carbocycles. The molecule has 0 unspecified atom stereocenters. The molecule has 31 heavy (non-hydrogen) atoms. The molecule has 150 valence electrons. The molecule has 2 aromatic heterocycles. The van der Waals surface area contributed by atoms with Crippen LogP contribution in [0.25, 0.3) is 39.1 Å². The molecule has 0 amide bonds. The summed E-state index contributed by atoms with van der Waals surface area (Å²) in [5.41, 5.74) is 6.39. The number of fused-ring (bicyclic) bond motifs is 1. The lowest BCUT2D eigenvalue weighted by Crippen LogP contribution is -2.02. The van der Waals surface area contributed by atoms with E-state index in [1.165, 1.54) is 0 Å². The molecule has 0 saturated heterocycles. The van der Waals surface area contributed by atoms with Gasteiger partial charge in [0.25, 0.3) is 0 Å². The van der Waals surface area contributed by atoms with Crippen molar-refractivity contribution >= 4 is 33.2 Å². The van der Waals surface area contributed by atoms with Crippen LogP contribution in [0.1, 0.15) is 16.1 Å². The summed E-state index contributed by atoms with van der Waals surface area (Å²) in [7, 11) is 0. The van der Waals surface area contributed by atoms with Crippen molar-refractivity contribution in [2.45, 2.75) is 6.92 Å². The van der Waals surface area contributed by atoms with E-state index in [-0.39, 0.29) is 0 Å². The molecule has 0 aliphatic carbocycles. The predicted molar refractivity (Wildman–Crippen MR) is 128 cm³/mol. The van der Waals surface area contributed by atoms with E-state index >= 15 is 0 Å². The molecule has 0 fully saturated rings. The van der Waals surface area contributed by atoms with Gasteiger partial charge in [-0.3, -0.25) is 4.79 Å². The molecule has 0 N–H and O–H groups in total. The Morgan fingerprint density at radius 1 is 0.839 bits per heavy atom. The van der Waals surface area contributed by atoms with Gasteiger partial charge in [0.05, 0.1) is 22.5 Å². The van der Waals surface area contributed by atoms with Crippen LogP contribution in [-0.4, -0.2) is 21.1 Å². The Bertz CT molecular complexity index is 1390. The lowest BCUT2D eigenvalue weighted by atomic mass is 9.93. The van der Waals surface area contributed by atoms with E-state index in [4.69, 9.17) is 10.1 Å². The van der Waals surface area contributed by atoms with E-state index in [1.54, 1.807) is 0 Å². The molecule has 4 nitrogen and oxygen atoms in total. The third-order valence-electron chi connectivity index (χ3n) is 5.33. The van der Waals surface area contributed by atoms with Gasteiger partial charge in [0.1, 0.15) is 0 Å². The van der Waals surface area contributed by atoms with E-state index in [9.17, 15) is 4.79 Å². The molecule has 0 aliphatic heterocycles. The van der Waals surface area contributed by atoms with E-state index < -0.39 is 0 Å². The number of rotatable bonds is 4. The Labute approximate surface area is 188 Å². The number of aromatic nitrogens is 3. The predicted octanol–water partition coefficient (Wildman–Crippen LogP) is 6.64. The number of pyridine rings is 1. The minimum absolute atomic E-state index is 0.566. The first kappa shape index (κ1) is 19.4. The number of hydrogen-bond acceptors (Lipinski definition) is 3. The number of nitrogens with zero attached hydrogens (tertiary/aromatic N) is 3. The van der Waals surface area contributed by atoms with Crippen molar-refractivity contribution in [3.63, 3.8) is 0 Å². The number of halogens is 1. The first-order chi connectivity index (χ1) is 15.2. The van der Waals surface area contributed by atoms with Crippen LogP contribution in [0.4, 0.5) is 0 Å². The zero-order valence-corrected chi connectivity index (χ0v) is 18.4. The third kappa shape index (κ3) is 3.37. The molecule has 5 heteroatoms. The molecule has 2 heterocycles. The first-order valence-corrected chi connectivity index (χ1v) is 10.7. The standard InChI is InChI=1S/C26H18BrN3O/c1-17-23-24(18-8-4-2-5-9-18)22(16-31)25(19-12-14-20(27)15-13-19)28-26(23)30(29-17)21-10-6-3-7-11-21/h2-16H,1H3. The van der Waals surface area contributed by atoms with Crippen LogP contribution in [0.2, 0.25) is 0 Å². The molecule has 0 bridgehead atoms. The fourth-order valence-electron chi connectivity index (χ4n) is 3.93. The van der Waals surface area contributed by atoms with Crippen LogP contribution in [0, 0.1) is 6.92 Å². The maximum Gasteiger partial charge on any atom is 0.164 e. The lowest BCUT2D eigenvalue weighted by Gasteiger charge is -2.13. The molecular formula is C26H18BrN3O. The summed E-state index contributed by atoms with van der Waals surface area (Å²) in [5, 5.41) is 5.69. The number of para-hydroxylation sites is 1. The van der Waals surface area contributed by atoms with Gasteiger partial charge >= 0.3 is 0 Å². The summed E-state index contributed by atoms with van der Waals surface area (Å²) in [5.74, 6) is 0. The monoisotopic (exact) mass is 467 g/mol. The van der Waals surface area contributed by atoms with E-state index in [1.807, 2.05) is 96.5 Å². The number of aryl methyl sites for hydroxylation is 1. The van der Waals surface area contributed by atoms with Gasteiger partial charge in [-0.25, -0.2) is 9.67 Å². The first-order valence-electron chi connectivity index (χ1n) is 9.92. The van der Waals surface area contributed by atoms with Crippen LogP contribution in [0.3, 0.4) is 0 Å². The summed E-state index contributed by atoms with van der Waals surface area (Å²) in [6.07, 6.45) is 0.908. The minimum atomic E-state index is 0.566. The van der Waals surface area contributed by atoms with Crippen molar-refractivity contribution in [1.82, 2.24) is 14.8 Å². The largest absolute Gasteiger partial charge is 0.298 e. The van der Waals surface area contributed by atoms with Crippen molar-refractivity contribution in [2.75, 3.05) is 0 Å². The van der Waals surface area contributed by atoms with Crippen LogP contribution >= 0.6 is 15.9 Å². The van der Waals surface area contributed by atoms with Crippen LogP contribution in [0.5, 0.6) is 0 Å². The Morgan fingerprint density at radius 3 is 2.13 bits per heavy atom. The van der Waals surface area contributed by atoms with Crippen molar-refractivity contribution < 1.29 is 4.79 Å². The van der Waals surface area contributed by atoms with E-state index in [0.29, 0.717) is 11.3 Å². The third-order valence-corrected chi connectivity index (χ3v) is 5.86. The highest BCUT2D eigenvalue weighted by Gasteiger charge is 2.23. The van der Waals surface area contributed by atoms with Crippen molar-refractivity contribution in [2.24, 2.45) is 0 Å². The van der Waals surface area contributed by atoms with Gasteiger partial charge in [-0.2, -0.15) is 5.10 Å². The molecule has 5 rings (SSSR count). The molecule has 0 atom stereocenters. The van der Waals surface area contributed by atoms with E-state index in [0.717, 1.165) is 49.9 Å². The number of benzene rings is 3. The SMILES string of the molecule is Cc1nn(-c2ccccc2)c2nc(-c3ccc(Br)cc3)c(C=O)c(-c3ccccc3)c12. The maximum atomic E-state index is 12.4. The second-order valence-electron chi connectivity index (χ2n) is 7.27. The van der Waals surface area contributed by atoms with Crippen molar-refractivity contribution in [1.29, 1.82) is 0 Å². The molecule has 5 aromatic rings. The molecule has 0 radical (unpaired) electrons.